The van der Waals surface area contributed by atoms with Gasteiger partial charge in [-0.2, -0.15) is 0 Å². The van der Waals surface area contributed by atoms with Gasteiger partial charge in [0, 0.05) is 35.7 Å². The molecule has 2 heterocycles. The van der Waals surface area contributed by atoms with Crippen molar-refractivity contribution in [2.75, 3.05) is 28.4 Å². The Hall–Kier alpha value is -4.46. The molecule has 8 heteroatoms. The molecule has 0 radical (unpaired) electrons. The number of hydrogen-bond acceptors (Lipinski definition) is 8. The molecule has 4 aromatic rings. The zero-order valence-corrected chi connectivity index (χ0v) is 23.5. The number of benzene rings is 2. The van der Waals surface area contributed by atoms with E-state index < -0.39 is 16.7 Å². The van der Waals surface area contributed by atoms with Crippen molar-refractivity contribution in [2.45, 2.75) is 32.6 Å². The largest absolute Gasteiger partial charge is 0.496 e. The van der Waals surface area contributed by atoms with Gasteiger partial charge >= 0.3 is 11.3 Å². The summed E-state index contributed by atoms with van der Waals surface area (Å²) < 4.78 is 34.1. The minimum absolute atomic E-state index is 0.214. The average molecular weight is 545 g/mol. The van der Waals surface area contributed by atoms with E-state index >= 15 is 0 Å². The van der Waals surface area contributed by atoms with E-state index in [4.69, 9.17) is 27.8 Å². The maximum atomic E-state index is 12.4. The number of fused-ring (bicyclic) bond motifs is 2. The van der Waals surface area contributed by atoms with E-state index in [-0.39, 0.29) is 5.92 Å². The highest BCUT2D eigenvalue weighted by Gasteiger charge is 2.38. The molecule has 1 aliphatic rings. The molecule has 1 aliphatic carbocycles. The fourth-order valence-electron chi connectivity index (χ4n) is 5.58. The quantitative estimate of drug-likeness (QED) is 0.193. The first-order valence-electron chi connectivity index (χ1n) is 13.0. The highest BCUT2D eigenvalue weighted by atomic mass is 16.5. The number of hydrogen-bond donors (Lipinski definition) is 0. The van der Waals surface area contributed by atoms with Crippen LogP contribution in [0.1, 0.15) is 43.7 Å². The first-order valence-corrected chi connectivity index (χ1v) is 13.0. The summed E-state index contributed by atoms with van der Waals surface area (Å²) in [6.45, 7) is 4.25. The van der Waals surface area contributed by atoms with Crippen LogP contribution >= 0.6 is 0 Å². The number of rotatable bonds is 7. The fraction of sp³-hybridized carbons (Fsp3) is 0.312. The van der Waals surface area contributed by atoms with Crippen LogP contribution < -0.4 is 30.2 Å². The lowest BCUT2D eigenvalue weighted by Crippen LogP contribution is -2.26. The maximum absolute atomic E-state index is 12.4. The summed E-state index contributed by atoms with van der Waals surface area (Å²) in [5.74, 6) is 1.95. The molecule has 0 amide bonds. The lowest BCUT2D eigenvalue weighted by molar-refractivity contribution is 0.320. The third-order valence-corrected chi connectivity index (χ3v) is 7.78. The van der Waals surface area contributed by atoms with Crippen molar-refractivity contribution in [3.05, 3.63) is 86.1 Å². The lowest BCUT2D eigenvalue weighted by Gasteiger charge is -2.39. The topological polar surface area (TPSA) is 97.3 Å². The molecule has 5 rings (SSSR count). The Morgan fingerprint density at radius 2 is 1.35 bits per heavy atom. The van der Waals surface area contributed by atoms with Crippen LogP contribution in [0.15, 0.2) is 72.5 Å². The molecule has 2 unspecified atom stereocenters. The summed E-state index contributed by atoms with van der Waals surface area (Å²) in [6.07, 6.45) is 7.93. The first-order chi connectivity index (χ1) is 19.2. The molecule has 0 bridgehead atoms. The average Bonchev–Trinajstić information content (AvgIpc) is 2.96. The third kappa shape index (κ3) is 4.63. The summed E-state index contributed by atoms with van der Waals surface area (Å²) in [5, 5.41) is 1.35. The minimum atomic E-state index is -0.470. The van der Waals surface area contributed by atoms with Crippen molar-refractivity contribution in [1.82, 2.24) is 0 Å². The van der Waals surface area contributed by atoms with Crippen LogP contribution in [0.25, 0.3) is 28.0 Å². The molecule has 0 saturated carbocycles. The number of methoxy groups -OCH3 is 4. The van der Waals surface area contributed by atoms with Gasteiger partial charge in [-0.15, -0.1) is 0 Å². The van der Waals surface area contributed by atoms with Crippen molar-refractivity contribution in [1.29, 1.82) is 0 Å². The SMILES string of the molecule is COc1cc(OC)c2ccc(=O)oc2c1/C=C\C1(C)CCC(C)=CC1c1c(OC)cc(OC)c2ccc(=O)oc12. The van der Waals surface area contributed by atoms with Gasteiger partial charge in [0.05, 0.1) is 44.8 Å². The van der Waals surface area contributed by atoms with Gasteiger partial charge in [0.1, 0.15) is 28.6 Å². The third-order valence-electron chi connectivity index (χ3n) is 7.78. The standard InChI is InChI=1S/C32H32O8/c1-18-11-13-32(2,14-12-21-24(36-4)16-23(35-3)19-7-9-27(33)39-30(19)21)22(15-18)29-26(38-6)17-25(37-5)20-8-10-28(34)40-31(20)29/h7-10,12,14-17,22H,11,13H2,1-6H3/b14-12-. The van der Waals surface area contributed by atoms with Gasteiger partial charge in [-0.1, -0.05) is 30.7 Å². The second-order valence-corrected chi connectivity index (χ2v) is 10.2. The van der Waals surface area contributed by atoms with E-state index in [1.165, 1.54) is 17.7 Å². The monoisotopic (exact) mass is 544 g/mol. The molecule has 2 aromatic heterocycles. The Kier molecular flexibility index (Phi) is 7.19. The summed E-state index contributed by atoms with van der Waals surface area (Å²) in [6, 6.07) is 9.76. The van der Waals surface area contributed by atoms with Crippen LogP contribution in [0.2, 0.25) is 0 Å². The minimum Gasteiger partial charge on any atom is -0.496 e. The molecule has 2 aromatic carbocycles. The number of ether oxygens (including phenoxy) is 4. The van der Waals surface area contributed by atoms with Gasteiger partial charge in [0.2, 0.25) is 0 Å². The Morgan fingerprint density at radius 3 is 1.95 bits per heavy atom. The van der Waals surface area contributed by atoms with Gasteiger partial charge in [-0.3, -0.25) is 0 Å². The summed E-state index contributed by atoms with van der Waals surface area (Å²) in [4.78, 5) is 24.6. The normalized spacial score (nSPS) is 19.1. The molecule has 0 spiro atoms. The Bertz CT molecular complexity index is 1770. The highest BCUT2D eigenvalue weighted by molar-refractivity contribution is 5.93. The highest BCUT2D eigenvalue weighted by Crippen LogP contribution is 2.52. The van der Waals surface area contributed by atoms with Crippen LogP contribution in [-0.4, -0.2) is 28.4 Å². The van der Waals surface area contributed by atoms with E-state index in [2.05, 4.69) is 26.0 Å². The zero-order chi connectivity index (χ0) is 28.6. The second-order valence-electron chi connectivity index (χ2n) is 10.2. The van der Waals surface area contributed by atoms with E-state index in [1.54, 1.807) is 46.6 Å². The molecule has 0 saturated heterocycles. The van der Waals surface area contributed by atoms with Gasteiger partial charge < -0.3 is 27.8 Å². The van der Waals surface area contributed by atoms with Crippen LogP contribution in [0.3, 0.4) is 0 Å². The van der Waals surface area contributed by atoms with E-state index in [0.29, 0.717) is 50.5 Å². The molecule has 40 heavy (non-hydrogen) atoms. The summed E-state index contributed by atoms with van der Waals surface area (Å²) in [7, 11) is 6.28. The zero-order valence-electron chi connectivity index (χ0n) is 23.5. The molecule has 0 N–H and O–H groups in total. The Labute approximate surface area is 231 Å². The van der Waals surface area contributed by atoms with Crippen LogP contribution in [0.5, 0.6) is 23.0 Å². The predicted molar refractivity (Wildman–Crippen MR) is 154 cm³/mol. The van der Waals surface area contributed by atoms with Crippen molar-refractivity contribution in [2.24, 2.45) is 5.41 Å². The van der Waals surface area contributed by atoms with Crippen molar-refractivity contribution >= 4 is 28.0 Å². The van der Waals surface area contributed by atoms with Crippen molar-refractivity contribution in [3.63, 3.8) is 0 Å². The molecule has 8 nitrogen and oxygen atoms in total. The summed E-state index contributed by atoms with van der Waals surface area (Å²) >= 11 is 0. The van der Waals surface area contributed by atoms with Crippen molar-refractivity contribution in [3.8, 4) is 23.0 Å². The second kappa shape index (κ2) is 10.6. The van der Waals surface area contributed by atoms with E-state index in [0.717, 1.165) is 18.4 Å². The first kappa shape index (κ1) is 27.1. The fourth-order valence-corrected chi connectivity index (χ4v) is 5.58. The maximum Gasteiger partial charge on any atom is 0.336 e. The van der Waals surface area contributed by atoms with Gasteiger partial charge in [0.15, 0.2) is 5.58 Å². The molecule has 208 valence electrons. The Balaban J connectivity index is 1.75. The van der Waals surface area contributed by atoms with E-state index in [1.807, 2.05) is 12.1 Å². The molecular formula is C32H32O8. The summed E-state index contributed by atoms with van der Waals surface area (Å²) in [5.41, 5.74) is 2.04. The van der Waals surface area contributed by atoms with Crippen LogP contribution in [0.4, 0.5) is 0 Å². The van der Waals surface area contributed by atoms with Gasteiger partial charge in [-0.05, 0) is 37.3 Å². The van der Waals surface area contributed by atoms with E-state index in [9.17, 15) is 9.59 Å². The molecule has 0 aliphatic heterocycles. The molecule has 2 atom stereocenters. The predicted octanol–water partition coefficient (Wildman–Crippen LogP) is 6.48. The smallest absolute Gasteiger partial charge is 0.336 e. The lowest BCUT2D eigenvalue weighted by atomic mass is 9.65. The number of allylic oxidation sites excluding steroid dienone is 3. The van der Waals surface area contributed by atoms with Gasteiger partial charge in [-0.25, -0.2) is 9.59 Å². The van der Waals surface area contributed by atoms with Crippen molar-refractivity contribution < 1.29 is 27.8 Å². The molecule has 0 fully saturated rings. The Morgan fingerprint density at radius 1 is 0.800 bits per heavy atom. The van der Waals surface area contributed by atoms with Crippen LogP contribution in [0, 0.1) is 5.41 Å². The molecular weight excluding hydrogens is 512 g/mol. The van der Waals surface area contributed by atoms with Crippen LogP contribution in [-0.2, 0) is 0 Å². The van der Waals surface area contributed by atoms with Gasteiger partial charge in [0.25, 0.3) is 0 Å².